The van der Waals surface area contributed by atoms with E-state index in [1.807, 2.05) is 0 Å². The molecule has 0 N–H and O–H groups in total. The molecule has 0 aliphatic heterocycles. The fourth-order valence-electron chi connectivity index (χ4n) is 7.06. The first-order chi connectivity index (χ1) is 21.5. The molecule has 0 radical (unpaired) electrons. The topological polar surface area (TPSA) is 0 Å². The Morgan fingerprint density at radius 2 is 0.886 bits per heavy atom. The molecule has 230 valence electrons. The van der Waals surface area contributed by atoms with E-state index in [0.717, 1.165) is 20.8 Å². The zero-order chi connectivity index (χ0) is 31.1. The Balaban J connectivity index is 1.85. The Hall–Kier alpha value is -2.42. The quantitative estimate of drug-likeness (QED) is 0.101. The van der Waals surface area contributed by atoms with Crippen LogP contribution in [0.4, 0.5) is 0 Å². The van der Waals surface area contributed by atoms with Crippen molar-refractivity contribution in [2.75, 3.05) is 0 Å². The van der Waals surface area contributed by atoms with Crippen molar-refractivity contribution in [1.29, 1.82) is 0 Å². The van der Waals surface area contributed by atoms with Crippen molar-refractivity contribution in [2.24, 2.45) is 11.8 Å². The van der Waals surface area contributed by atoms with Gasteiger partial charge in [-0.15, -0.1) is 0 Å². The molecule has 0 fully saturated rings. The predicted molar refractivity (Wildman–Crippen MR) is 202 cm³/mol. The van der Waals surface area contributed by atoms with Crippen LogP contribution in [0.3, 0.4) is 0 Å². The lowest BCUT2D eigenvalue weighted by atomic mass is 9.80. The van der Waals surface area contributed by atoms with Crippen molar-refractivity contribution in [3.63, 3.8) is 0 Å². The molecular formula is C42H48Br2. The van der Waals surface area contributed by atoms with Crippen molar-refractivity contribution in [3.8, 4) is 22.3 Å². The van der Waals surface area contributed by atoms with E-state index in [4.69, 9.17) is 0 Å². The Labute approximate surface area is 282 Å². The fraction of sp³-hybridized carbons (Fsp3) is 0.381. The van der Waals surface area contributed by atoms with E-state index in [1.165, 1.54) is 108 Å². The number of fused-ring (bicyclic) bond motifs is 2. The normalized spacial score (nSPS) is 13.0. The van der Waals surface area contributed by atoms with Gasteiger partial charge in [0.1, 0.15) is 0 Å². The molecular weight excluding hydrogens is 664 g/mol. The van der Waals surface area contributed by atoms with Gasteiger partial charge in [-0.1, -0.05) is 172 Å². The molecule has 0 spiro atoms. The second kappa shape index (κ2) is 15.7. The van der Waals surface area contributed by atoms with Crippen molar-refractivity contribution in [2.45, 2.75) is 91.9 Å². The van der Waals surface area contributed by atoms with Gasteiger partial charge in [-0.05, 0) is 104 Å². The van der Waals surface area contributed by atoms with E-state index >= 15 is 0 Å². The average Bonchev–Trinajstić information content (AvgIpc) is 3.05. The van der Waals surface area contributed by atoms with Crippen LogP contribution < -0.4 is 0 Å². The van der Waals surface area contributed by atoms with Gasteiger partial charge in [0.25, 0.3) is 0 Å². The lowest BCUT2D eigenvalue weighted by molar-refractivity contribution is 0.434. The monoisotopic (exact) mass is 710 g/mol. The Bertz CT molecular complexity index is 1540. The molecule has 0 saturated carbocycles. The fourth-order valence-corrected chi connectivity index (χ4v) is 7.58. The Morgan fingerprint density at radius 3 is 1.23 bits per heavy atom. The van der Waals surface area contributed by atoms with Crippen LogP contribution >= 0.6 is 31.9 Å². The lowest BCUT2D eigenvalue weighted by Gasteiger charge is -2.24. The van der Waals surface area contributed by atoms with E-state index in [1.54, 1.807) is 11.1 Å². The van der Waals surface area contributed by atoms with Crippen LogP contribution in [0, 0.1) is 11.8 Å². The molecule has 0 aromatic heterocycles. The molecule has 44 heavy (non-hydrogen) atoms. The first-order valence-electron chi connectivity index (χ1n) is 17.0. The molecule has 2 atom stereocenters. The molecule has 0 saturated heterocycles. The summed E-state index contributed by atoms with van der Waals surface area (Å²) in [7, 11) is 0. The van der Waals surface area contributed by atoms with Crippen LogP contribution in [0.5, 0.6) is 0 Å². The second-order valence-corrected chi connectivity index (χ2v) is 14.5. The summed E-state index contributed by atoms with van der Waals surface area (Å²) in [4.78, 5) is 0. The summed E-state index contributed by atoms with van der Waals surface area (Å²) < 4.78 is 2.23. The van der Waals surface area contributed by atoms with Crippen LogP contribution in [0.1, 0.15) is 90.2 Å². The maximum atomic E-state index is 3.69. The van der Waals surface area contributed by atoms with Crippen LogP contribution in [-0.4, -0.2) is 0 Å². The third kappa shape index (κ3) is 7.51. The maximum Gasteiger partial charge on any atom is 0.0175 e. The van der Waals surface area contributed by atoms with Gasteiger partial charge in [0.15, 0.2) is 0 Å². The third-order valence-electron chi connectivity index (χ3n) is 9.71. The maximum absolute atomic E-state index is 3.69. The predicted octanol–water partition coefficient (Wildman–Crippen LogP) is 14.4. The van der Waals surface area contributed by atoms with Crippen LogP contribution in [0.25, 0.3) is 43.8 Å². The van der Waals surface area contributed by atoms with Crippen molar-refractivity contribution >= 4 is 53.4 Å². The highest BCUT2D eigenvalue weighted by atomic mass is 79.9. The number of benzene rings is 5. The summed E-state index contributed by atoms with van der Waals surface area (Å²) in [6.07, 6.45) is 12.6. The standard InChI is InChI=1S/C42H48Br2/c1-5-9-13-29(7-3)25-33-27-39-40(28-34(33)26-30(8-4)14-10-6-2)42(32-19-23-36(44)24-20-32)38-16-12-11-15-37(38)41(39)31-17-21-35(43)22-18-31/h11-12,15-24,27-30H,5-10,13-14,25-26H2,1-4H3. The van der Waals surface area contributed by atoms with Crippen molar-refractivity contribution in [3.05, 3.63) is 105 Å². The zero-order valence-corrected chi connectivity index (χ0v) is 30.2. The van der Waals surface area contributed by atoms with Gasteiger partial charge >= 0.3 is 0 Å². The first kappa shape index (κ1) is 33.0. The largest absolute Gasteiger partial charge is 0.0654 e. The SMILES string of the molecule is CCCCC(CC)Cc1cc2c(-c3ccc(Br)cc3)c3ccccc3c(-c3ccc(Br)cc3)c2cc1CC(CC)CCCC. The van der Waals surface area contributed by atoms with Crippen molar-refractivity contribution < 1.29 is 0 Å². The molecule has 2 heteroatoms. The Morgan fingerprint density at radius 1 is 0.500 bits per heavy atom. The molecule has 0 bridgehead atoms. The number of halogens is 2. The minimum Gasteiger partial charge on any atom is -0.0654 e. The lowest BCUT2D eigenvalue weighted by Crippen LogP contribution is -2.10. The van der Waals surface area contributed by atoms with Crippen LogP contribution in [-0.2, 0) is 12.8 Å². The summed E-state index contributed by atoms with van der Waals surface area (Å²) in [5.41, 5.74) is 8.43. The summed E-state index contributed by atoms with van der Waals surface area (Å²) in [5, 5.41) is 5.42. The molecule has 5 aromatic rings. The number of unbranched alkanes of at least 4 members (excludes halogenated alkanes) is 2. The molecule has 0 nitrogen and oxygen atoms in total. The minimum absolute atomic E-state index is 0.726. The molecule has 0 aliphatic carbocycles. The van der Waals surface area contributed by atoms with E-state index in [-0.39, 0.29) is 0 Å². The highest BCUT2D eigenvalue weighted by molar-refractivity contribution is 9.10. The number of hydrogen-bond acceptors (Lipinski definition) is 0. The van der Waals surface area contributed by atoms with E-state index in [0.29, 0.717) is 0 Å². The third-order valence-corrected chi connectivity index (χ3v) is 10.8. The summed E-state index contributed by atoms with van der Waals surface area (Å²) in [6, 6.07) is 32.2. The molecule has 0 heterocycles. The van der Waals surface area contributed by atoms with Gasteiger partial charge in [0.2, 0.25) is 0 Å². The summed E-state index contributed by atoms with van der Waals surface area (Å²) in [6.45, 7) is 9.44. The molecule has 0 amide bonds. The highest BCUT2D eigenvalue weighted by Crippen LogP contribution is 2.45. The molecule has 2 unspecified atom stereocenters. The van der Waals surface area contributed by atoms with Crippen LogP contribution in [0.15, 0.2) is 93.9 Å². The minimum atomic E-state index is 0.726. The van der Waals surface area contributed by atoms with Crippen LogP contribution in [0.2, 0.25) is 0 Å². The van der Waals surface area contributed by atoms with E-state index in [2.05, 4.69) is 144 Å². The number of hydrogen-bond donors (Lipinski definition) is 0. The zero-order valence-electron chi connectivity index (χ0n) is 27.1. The van der Waals surface area contributed by atoms with Gasteiger partial charge < -0.3 is 0 Å². The van der Waals surface area contributed by atoms with E-state index < -0.39 is 0 Å². The average molecular weight is 713 g/mol. The summed E-state index contributed by atoms with van der Waals surface area (Å²) in [5.74, 6) is 1.45. The van der Waals surface area contributed by atoms with Crippen molar-refractivity contribution in [1.82, 2.24) is 0 Å². The van der Waals surface area contributed by atoms with E-state index in [9.17, 15) is 0 Å². The van der Waals surface area contributed by atoms with Gasteiger partial charge in [-0.2, -0.15) is 0 Å². The molecule has 0 aliphatic rings. The summed E-state index contributed by atoms with van der Waals surface area (Å²) >= 11 is 7.37. The first-order valence-corrected chi connectivity index (χ1v) is 18.6. The van der Waals surface area contributed by atoms with Gasteiger partial charge in [-0.3, -0.25) is 0 Å². The highest BCUT2D eigenvalue weighted by Gasteiger charge is 2.21. The Kier molecular flexibility index (Phi) is 11.8. The smallest absolute Gasteiger partial charge is 0.0175 e. The molecule has 5 rings (SSSR count). The van der Waals surface area contributed by atoms with Gasteiger partial charge in [0, 0.05) is 8.95 Å². The van der Waals surface area contributed by atoms with Gasteiger partial charge in [0.05, 0.1) is 0 Å². The second-order valence-electron chi connectivity index (χ2n) is 12.7. The number of rotatable bonds is 14. The molecule has 5 aromatic carbocycles. The van der Waals surface area contributed by atoms with Gasteiger partial charge in [-0.25, -0.2) is 0 Å².